The Bertz CT molecular complexity index is 769. The number of nitrogens with zero attached hydrogens (tertiary/aromatic N) is 2. The number of halogens is 2. The van der Waals surface area contributed by atoms with E-state index < -0.39 is 0 Å². The molecule has 2 aromatic rings. The molecule has 4 rings (SSSR count). The van der Waals surface area contributed by atoms with Crippen LogP contribution >= 0.6 is 24.8 Å². The molecule has 1 aliphatic carbocycles. The molecule has 2 fully saturated rings. The predicted octanol–water partition coefficient (Wildman–Crippen LogP) is 3.27. The van der Waals surface area contributed by atoms with Crippen LogP contribution in [0.3, 0.4) is 0 Å². The van der Waals surface area contributed by atoms with Crippen LogP contribution in [0.1, 0.15) is 44.2 Å². The van der Waals surface area contributed by atoms with Crippen LogP contribution in [0, 0.1) is 5.92 Å². The monoisotopic (exact) mass is 439 g/mol. The lowest BCUT2D eigenvalue weighted by atomic mass is 9.85. The second-order valence-electron chi connectivity index (χ2n) is 7.81. The van der Waals surface area contributed by atoms with Crippen molar-refractivity contribution >= 4 is 36.5 Å². The van der Waals surface area contributed by atoms with Gasteiger partial charge in [-0.2, -0.15) is 5.10 Å². The molecule has 160 valence electrons. The van der Waals surface area contributed by atoms with Gasteiger partial charge in [0.15, 0.2) is 0 Å². The van der Waals surface area contributed by atoms with Gasteiger partial charge in [0.1, 0.15) is 5.82 Å². The molecule has 0 spiro atoms. The third kappa shape index (κ3) is 5.65. The topological polar surface area (TPSA) is 85.0 Å². The van der Waals surface area contributed by atoms with Crippen molar-refractivity contribution in [2.24, 2.45) is 5.92 Å². The van der Waals surface area contributed by atoms with Crippen molar-refractivity contribution in [3.8, 4) is 5.69 Å². The maximum absolute atomic E-state index is 12.4. The van der Waals surface area contributed by atoms with E-state index in [0.29, 0.717) is 24.3 Å². The second-order valence-corrected chi connectivity index (χ2v) is 7.81. The first-order valence-electron chi connectivity index (χ1n) is 10.1. The maximum atomic E-state index is 12.4. The van der Waals surface area contributed by atoms with Gasteiger partial charge in [0.2, 0.25) is 5.91 Å². The lowest BCUT2D eigenvalue weighted by Gasteiger charge is -2.24. The highest BCUT2D eigenvalue weighted by molar-refractivity contribution is 5.85. The van der Waals surface area contributed by atoms with Gasteiger partial charge in [-0.05, 0) is 50.2 Å². The summed E-state index contributed by atoms with van der Waals surface area (Å²) in [6, 6.07) is 12.3. The van der Waals surface area contributed by atoms with Gasteiger partial charge in [0.25, 0.3) is 0 Å². The fourth-order valence-corrected chi connectivity index (χ4v) is 4.47. The molecule has 0 radical (unpaired) electrons. The van der Waals surface area contributed by atoms with Crippen LogP contribution in [-0.4, -0.2) is 34.3 Å². The number of nitrogens with one attached hydrogen (secondary N) is 2. The minimum atomic E-state index is -0.00830. The Labute approximate surface area is 184 Å². The van der Waals surface area contributed by atoms with E-state index in [4.69, 9.17) is 5.73 Å². The molecule has 1 aromatic carbocycles. The molecular weight excluding hydrogens is 409 g/mol. The number of rotatable bonds is 6. The largest absolute Gasteiger partial charge is 0.384 e. The van der Waals surface area contributed by atoms with Crippen LogP contribution in [0.25, 0.3) is 5.69 Å². The normalized spacial score (nSPS) is 22.8. The summed E-state index contributed by atoms with van der Waals surface area (Å²) in [6.45, 7) is 0.671. The van der Waals surface area contributed by atoms with E-state index in [-0.39, 0.29) is 36.8 Å². The predicted molar refractivity (Wildman–Crippen MR) is 121 cm³/mol. The summed E-state index contributed by atoms with van der Waals surface area (Å²) in [5.41, 5.74) is 8.00. The molecule has 1 aliphatic heterocycles. The first kappa shape index (κ1) is 23.5. The van der Waals surface area contributed by atoms with Gasteiger partial charge < -0.3 is 16.4 Å². The highest BCUT2D eigenvalue weighted by Gasteiger charge is 2.37. The molecule has 0 bridgehead atoms. The van der Waals surface area contributed by atoms with Crippen LogP contribution in [0.4, 0.5) is 5.82 Å². The molecule has 2 aliphatic rings. The summed E-state index contributed by atoms with van der Waals surface area (Å²) in [4.78, 5) is 12.4. The first-order chi connectivity index (χ1) is 13.2. The van der Waals surface area contributed by atoms with Crippen molar-refractivity contribution in [1.82, 2.24) is 20.4 Å². The smallest absolute Gasteiger partial charge is 0.237 e. The van der Waals surface area contributed by atoms with E-state index in [2.05, 4.69) is 15.7 Å². The molecule has 1 amide bonds. The Morgan fingerprint density at radius 1 is 1.21 bits per heavy atom. The molecule has 3 unspecified atom stereocenters. The third-order valence-electron chi connectivity index (χ3n) is 5.88. The van der Waals surface area contributed by atoms with E-state index in [0.717, 1.165) is 30.6 Å². The molecule has 3 atom stereocenters. The Morgan fingerprint density at radius 3 is 2.72 bits per heavy atom. The molecule has 6 nitrogen and oxygen atoms in total. The number of hydrogen-bond donors (Lipinski definition) is 3. The van der Waals surface area contributed by atoms with E-state index >= 15 is 0 Å². The summed E-state index contributed by atoms with van der Waals surface area (Å²) in [5, 5.41) is 11.2. The number of hydrogen-bond acceptors (Lipinski definition) is 4. The Kier molecular flexibility index (Phi) is 8.80. The van der Waals surface area contributed by atoms with Gasteiger partial charge in [-0.1, -0.05) is 31.0 Å². The number of amides is 1. The van der Waals surface area contributed by atoms with Crippen molar-refractivity contribution in [2.75, 3.05) is 12.3 Å². The van der Waals surface area contributed by atoms with E-state index in [1.165, 1.54) is 25.7 Å². The van der Waals surface area contributed by atoms with Crippen LogP contribution < -0.4 is 16.4 Å². The standard InChI is InChI=1S/C21H29N5O.2ClH/c22-20-14-16(25-26(20)17-9-2-1-3-10-17)8-6-12-23-21(27)19-13-15-7-4-5-11-18(15)24-19;;/h1-3,9-10,14-15,18-19,24H,4-8,11-13,22H2,(H,23,27);2*1H. The zero-order valence-corrected chi connectivity index (χ0v) is 18.2. The van der Waals surface area contributed by atoms with E-state index in [9.17, 15) is 4.79 Å². The number of fused-ring (bicyclic) bond motifs is 1. The molecule has 8 heteroatoms. The van der Waals surface area contributed by atoms with Crippen molar-refractivity contribution in [3.63, 3.8) is 0 Å². The number of aryl methyl sites for hydroxylation is 1. The zero-order valence-electron chi connectivity index (χ0n) is 16.5. The molecule has 29 heavy (non-hydrogen) atoms. The summed E-state index contributed by atoms with van der Waals surface area (Å²) in [5.74, 6) is 1.48. The molecule has 1 saturated carbocycles. The Morgan fingerprint density at radius 2 is 1.97 bits per heavy atom. The fraction of sp³-hybridized carbons (Fsp3) is 0.524. The second kappa shape index (κ2) is 10.9. The number of nitrogens with two attached hydrogens (primary N) is 1. The Balaban J connectivity index is 0.00000150. The number of anilines is 1. The van der Waals surface area contributed by atoms with E-state index in [1.54, 1.807) is 4.68 Å². The number of nitrogen functional groups attached to an aromatic ring is 1. The number of carbonyl (C=O) groups is 1. The highest BCUT2D eigenvalue weighted by Crippen LogP contribution is 2.33. The summed E-state index contributed by atoms with van der Waals surface area (Å²) in [7, 11) is 0. The van der Waals surface area contributed by atoms with Crippen molar-refractivity contribution < 1.29 is 4.79 Å². The number of para-hydroxylation sites is 1. The summed E-state index contributed by atoms with van der Waals surface area (Å²) >= 11 is 0. The van der Waals surface area contributed by atoms with Crippen LogP contribution in [0.15, 0.2) is 36.4 Å². The van der Waals surface area contributed by atoms with Crippen molar-refractivity contribution in [3.05, 3.63) is 42.1 Å². The van der Waals surface area contributed by atoms with Gasteiger partial charge >= 0.3 is 0 Å². The quantitative estimate of drug-likeness (QED) is 0.602. The average molecular weight is 440 g/mol. The van der Waals surface area contributed by atoms with Crippen molar-refractivity contribution in [1.29, 1.82) is 0 Å². The van der Waals surface area contributed by atoms with Gasteiger partial charge in [-0.3, -0.25) is 4.79 Å². The minimum Gasteiger partial charge on any atom is -0.384 e. The lowest BCUT2D eigenvalue weighted by Crippen LogP contribution is -2.43. The van der Waals surface area contributed by atoms with Gasteiger partial charge in [-0.15, -0.1) is 24.8 Å². The molecule has 1 saturated heterocycles. The molecule has 4 N–H and O–H groups in total. The third-order valence-corrected chi connectivity index (χ3v) is 5.88. The molecular formula is C21H31Cl2N5O. The summed E-state index contributed by atoms with van der Waals surface area (Å²) in [6.07, 6.45) is 7.75. The van der Waals surface area contributed by atoms with Crippen LogP contribution in [0.2, 0.25) is 0 Å². The van der Waals surface area contributed by atoms with E-state index in [1.807, 2.05) is 36.4 Å². The van der Waals surface area contributed by atoms with Crippen molar-refractivity contribution in [2.45, 2.75) is 57.0 Å². The van der Waals surface area contributed by atoms with Crippen LogP contribution in [-0.2, 0) is 11.2 Å². The van der Waals surface area contributed by atoms with Crippen LogP contribution in [0.5, 0.6) is 0 Å². The average Bonchev–Trinajstić information content (AvgIpc) is 3.29. The molecule has 1 aromatic heterocycles. The number of aromatic nitrogens is 2. The number of carbonyl (C=O) groups excluding carboxylic acids is 1. The summed E-state index contributed by atoms with van der Waals surface area (Å²) < 4.78 is 1.76. The SMILES string of the molecule is Cl.Cl.Nc1cc(CCCNC(=O)C2CC3CCCCC3N2)nn1-c1ccccc1. The van der Waals surface area contributed by atoms with Gasteiger partial charge in [0.05, 0.1) is 17.4 Å². The van der Waals surface area contributed by atoms with Gasteiger partial charge in [-0.25, -0.2) is 4.68 Å². The lowest BCUT2D eigenvalue weighted by molar-refractivity contribution is -0.122. The highest BCUT2D eigenvalue weighted by atomic mass is 35.5. The zero-order chi connectivity index (χ0) is 18.6. The van der Waals surface area contributed by atoms with Gasteiger partial charge in [0, 0.05) is 18.7 Å². The first-order valence-corrected chi connectivity index (χ1v) is 10.1. The minimum absolute atomic E-state index is 0. The molecule has 2 heterocycles. The number of benzene rings is 1. The maximum Gasteiger partial charge on any atom is 0.237 e. The Hall–Kier alpha value is -1.76. The fourth-order valence-electron chi connectivity index (χ4n) is 4.47.